The number of amides is 1. The Morgan fingerprint density at radius 2 is 2.00 bits per heavy atom. The minimum atomic E-state index is -1.27. The standard InChI is InChI=1S/C18H11ClFN3O3S2/c19-11-3-1-8(5-12(11)20)10-7-28-17(15(10)18(25)26)22-16(24)9-2-4-14(27)13(6-9)23-21/h1-7,21,27H,(H,22,24)(H,25,26). The summed E-state index contributed by atoms with van der Waals surface area (Å²) in [4.78, 5) is 24.7. The topological polar surface area (TPSA) is 103 Å². The number of carbonyl (C=O) groups excluding carboxylic acids is 1. The third-order valence-electron chi connectivity index (χ3n) is 3.82. The van der Waals surface area contributed by atoms with Gasteiger partial charge in [0.1, 0.15) is 16.4 Å². The fraction of sp³-hybridized carbons (Fsp3) is 0. The van der Waals surface area contributed by atoms with Crippen LogP contribution in [0, 0.1) is 11.3 Å². The molecule has 0 bridgehead atoms. The number of rotatable bonds is 5. The van der Waals surface area contributed by atoms with Crippen LogP contribution in [0.1, 0.15) is 20.7 Å². The number of hydrogen-bond acceptors (Lipinski definition) is 6. The van der Waals surface area contributed by atoms with Crippen molar-refractivity contribution in [3.05, 3.63) is 63.7 Å². The molecule has 1 aromatic heterocycles. The molecule has 1 amide bonds. The molecule has 6 nitrogen and oxygen atoms in total. The SMILES string of the molecule is N=Nc1cc(C(=O)Nc2scc(-c3ccc(Cl)c(F)c3)c2C(=O)O)ccc1S. The molecular formula is C18H11ClFN3O3S2. The lowest BCUT2D eigenvalue weighted by molar-refractivity contribution is 0.0699. The molecule has 3 rings (SSSR count). The smallest absolute Gasteiger partial charge is 0.339 e. The molecule has 10 heteroatoms. The molecule has 0 aliphatic carbocycles. The highest BCUT2D eigenvalue weighted by Crippen LogP contribution is 2.37. The van der Waals surface area contributed by atoms with E-state index >= 15 is 0 Å². The molecule has 142 valence electrons. The number of aromatic carboxylic acids is 1. The van der Waals surface area contributed by atoms with Crippen LogP contribution in [0.4, 0.5) is 15.1 Å². The summed E-state index contributed by atoms with van der Waals surface area (Å²) in [6.45, 7) is 0. The second kappa shape index (κ2) is 8.09. The maximum atomic E-state index is 13.8. The molecule has 0 aliphatic heterocycles. The van der Waals surface area contributed by atoms with Gasteiger partial charge in [-0.05, 0) is 35.9 Å². The molecule has 0 unspecified atom stereocenters. The Morgan fingerprint density at radius 1 is 1.25 bits per heavy atom. The van der Waals surface area contributed by atoms with Crippen LogP contribution >= 0.6 is 35.6 Å². The average Bonchev–Trinajstić information content (AvgIpc) is 3.08. The Hall–Kier alpha value is -2.75. The number of nitrogens with zero attached hydrogens (tertiary/aromatic N) is 1. The van der Waals surface area contributed by atoms with Gasteiger partial charge in [-0.3, -0.25) is 4.79 Å². The van der Waals surface area contributed by atoms with Gasteiger partial charge in [0.05, 0.1) is 10.7 Å². The average molecular weight is 436 g/mol. The number of thiol groups is 1. The summed E-state index contributed by atoms with van der Waals surface area (Å²) in [5.74, 6) is -2.52. The Balaban J connectivity index is 1.98. The van der Waals surface area contributed by atoms with Crippen LogP contribution in [0.3, 0.4) is 0 Å². The van der Waals surface area contributed by atoms with Gasteiger partial charge in [0.25, 0.3) is 5.91 Å². The monoisotopic (exact) mass is 435 g/mol. The second-order valence-corrected chi connectivity index (χ2v) is 7.33. The minimum Gasteiger partial charge on any atom is -0.478 e. The van der Waals surface area contributed by atoms with Crippen molar-refractivity contribution in [2.24, 2.45) is 5.11 Å². The van der Waals surface area contributed by atoms with Gasteiger partial charge in [-0.2, -0.15) is 5.11 Å². The molecule has 3 N–H and O–H groups in total. The number of thiophene rings is 1. The zero-order valence-electron chi connectivity index (χ0n) is 13.9. The van der Waals surface area contributed by atoms with E-state index in [1.165, 1.54) is 35.7 Å². The van der Waals surface area contributed by atoms with Crippen LogP contribution in [0.25, 0.3) is 11.1 Å². The van der Waals surface area contributed by atoms with Crippen LogP contribution in [0.15, 0.2) is 51.8 Å². The van der Waals surface area contributed by atoms with Crippen molar-refractivity contribution in [3.63, 3.8) is 0 Å². The molecule has 0 radical (unpaired) electrons. The normalized spacial score (nSPS) is 10.5. The van der Waals surface area contributed by atoms with Gasteiger partial charge in [-0.1, -0.05) is 17.7 Å². The Bertz CT molecular complexity index is 1120. The van der Waals surface area contributed by atoms with E-state index in [1.807, 2.05) is 0 Å². The maximum Gasteiger partial charge on any atom is 0.339 e. The van der Waals surface area contributed by atoms with E-state index < -0.39 is 17.7 Å². The summed E-state index contributed by atoms with van der Waals surface area (Å²) in [6, 6.07) is 8.33. The number of hydrogen-bond donors (Lipinski definition) is 4. The number of carboxylic acid groups (broad SMARTS) is 1. The number of halogens is 2. The van der Waals surface area contributed by atoms with Crippen molar-refractivity contribution >= 4 is 58.1 Å². The summed E-state index contributed by atoms with van der Waals surface area (Å²) in [7, 11) is 0. The third-order valence-corrected chi connectivity index (χ3v) is 5.40. The van der Waals surface area contributed by atoms with E-state index in [-0.39, 0.29) is 32.4 Å². The van der Waals surface area contributed by atoms with E-state index in [4.69, 9.17) is 17.1 Å². The number of anilines is 1. The number of carboxylic acids is 1. The summed E-state index contributed by atoms with van der Waals surface area (Å²) in [5.41, 5.74) is 7.92. The molecule has 0 atom stereocenters. The van der Waals surface area contributed by atoms with Crippen molar-refractivity contribution in [2.75, 3.05) is 5.32 Å². The van der Waals surface area contributed by atoms with Crippen LogP contribution in [0.5, 0.6) is 0 Å². The fourth-order valence-electron chi connectivity index (χ4n) is 2.47. The Morgan fingerprint density at radius 3 is 2.64 bits per heavy atom. The second-order valence-electron chi connectivity index (χ2n) is 5.56. The highest BCUT2D eigenvalue weighted by molar-refractivity contribution is 7.80. The maximum absolute atomic E-state index is 13.8. The highest BCUT2D eigenvalue weighted by Gasteiger charge is 2.22. The molecule has 3 aromatic rings. The lowest BCUT2D eigenvalue weighted by Crippen LogP contribution is -2.13. The molecule has 0 saturated heterocycles. The number of carbonyl (C=O) groups is 2. The van der Waals surface area contributed by atoms with Crippen molar-refractivity contribution in [3.8, 4) is 11.1 Å². The molecule has 0 spiro atoms. The van der Waals surface area contributed by atoms with E-state index in [9.17, 15) is 19.1 Å². The lowest BCUT2D eigenvalue weighted by Gasteiger charge is -2.07. The van der Waals surface area contributed by atoms with Gasteiger partial charge in [0, 0.05) is 21.4 Å². The van der Waals surface area contributed by atoms with E-state index in [0.717, 1.165) is 17.4 Å². The van der Waals surface area contributed by atoms with Gasteiger partial charge in [0.15, 0.2) is 0 Å². The molecule has 0 aliphatic rings. The van der Waals surface area contributed by atoms with Gasteiger partial charge in [-0.25, -0.2) is 14.7 Å². The Kier molecular flexibility index (Phi) is 5.78. The lowest BCUT2D eigenvalue weighted by atomic mass is 10.0. The molecule has 2 aromatic carbocycles. The fourth-order valence-corrected chi connectivity index (χ4v) is 3.73. The first-order chi connectivity index (χ1) is 13.3. The summed E-state index contributed by atoms with van der Waals surface area (Å²) < 4.78 is 13.8. The van der Waals surface area contributed by atoms with Gasteiger partial charge in [0.2, 0.25) is 0 Å². The molecule has 1 heterocycles. The van der Waals surface area contributed by atoms with E-state index in [1.54, 1.807) is 0 Å². The molecule has 0 saturated carbocycles. The van der Waals surface area contributed by atoms with Crippen LogP contribution in [-0.2, 0) is 0 Å². The highest BCUT2D eigenvalue weighted by atomic mass is 35.5. The molecule has 28 heavy (non-hydrogen) atoms. The zero-order valence-corrected chi connectivity index (χ0v) is 16.3. The van der Waals surface area contributed by atoms with Crippen LogP contribution in [-0.4, -0.2) is 17.0 Å². The Labute approximate surface area is 172 Å². The van der Waals surface area contributed by atoms with Crippen molar-refractivity contribution in [1.29, 1.82) is 5.53 Å². The first-order valence-electron chi connectivity index (χ1n) is 7.64. The predicted molar refractivity (Wildman–Crippen MR) is 108 cm³/mol. The van der Waals surface area contributed by atoms with Crippen LogP contribution in [0.2, 0.25) is 5.02 Å². The minimum absolute atomic E-state index is 0.0763. The largest absolute Gasteiger partial charge is 0.478 e. The quantitative estimate of drug-likeness (QED) is 0.287. The summed E-state index contributed by atoms with van der Waals surface area (Å²) >= 11 is 10.8. The molecular weight excluding hydrogens is 425 g/mol. The van der Waals surface area contributed by atoms with Crippen molar-refractivity contribution in [2.45, 2.75) is 4.90 Å². The van der Waals surface area contributed by atoms with Crippen molar-refractivity contribution < 1.29 is 19.1 Å². The van der Waals surface area contributed by atoms with E-state index in [2.05, 4.69) is 23.1 Å². The van der Waals surface area contributed by atoms with Crippen LogP contribution < -0.4 is 5.32 Å². The van der Waals surface area contributed by atoms with E-state index in [0.29, 0.717) is 10.5 Å². The predicted octanol–water partition coefficient (Wildman–Crippen LogP) is 6.11. The summed E-state index contributed by atoms with van der Waals surface area (Å²) in [5, 5.41) is 17.0. The zero-order chi connectivity index (χ0) is 20.4. The van der Waals surface area contributed by atoms with Gasteiger partial charge in [-0.15, -0.1) is 24.0 Å². The van der Waals surface area contributed by atoms with Gasteiger partial charge >= 0.3 is 5.97 Å². The number of nitrogens with one attached hydrogen (secondary N) is 2. The molecule has 0 fully saturated rings. The third kappa shape index (κ3) is 3.91. The van der Waals surface area contributed by atoms with Gasteiger partial charge < -0.3 is 10.4 Å². The van der Waals surface area contributed by atoms with Crippen molar-refractivity contribution in [1.82, 2.24) is 0 Å². The number of benzene rings is 2. The first-order valence-corrected chi connectivity index (χ1v) is 9.34. The summed E-state index contributed by atoms with van der Waals surface area (Å²) in [6.07, 6.45) is 0. The first kappa shape index (κ1) is 20.0.